The Hall–Kier alpha value is -0.710. The normalized spacial score (nSPS) is 10.9. The number of hydrogen-bond acceptors (Lipinski definition) is 4. The van der Waals surface area contributed by atoms with Gasteiger partial charge in [0.05, 0.1) is 10.0 Å². The van der Waals surface area contributed by atoms with Crippen molar-refractivity contribution in [2.45, 2.75) is 0 Å². The first-order chi connectivity index (χ1) is 7.41. The van der Waals surface area contributed by atoms with Gasteiger partial charge in [0.1, 0.15) is 11.6 Å². The Morgan fingerprint density at radius 1 is 1.19 bits per heavy atom. The van der Waals surface area contributed by atoms with Crippen molar-refractivity contribution in [3.63, 3.8) is 0 Å². The van der Waals surface area contributed by atoms with Crippen LogP contribution in [0.25, 0.3) is 0 Å². The Labute approximate surface area is 106 Å². The minimum absolute atomic E-state index is 0.303. The van der Waals surface area contributed by atoms with Gasteiger partial charge >= 0.3 is 0 Å². The van der Waals surface area contributed by atoms with Crippen molar-refractivity contribution >= 4 is 34.8 Å². The summed E-state index contributed by atoms with van der Waals surface area (Å²) in [7, 11) is 5.95. The lowest BCUT2D eigenvalue weighted by molar-refractivity contribution is 0.416. The number of nitrogens with zero attached hydrogens (tertiary/aromatic N) is 3. The molecule has 4 nitrogen and oxygen atoms in total. The van der Waals surface area contributed by atoms with Crippen molar-refractivity contribution in [1.82, 2.24) is 9.88 Å². The summed E-state index contributed by atoms with van der Waals surface area (Å²) in [6, 6.07) is 1.62. The standard InChI is InChI=1S/C10H16Cl2N4/c1-15(2)4-5-16(3)10-8(12)6-7(11)9(13)14-10/h6H,4-5H2,1-3H3,(H2,13,14). The van der Waals surface area contributed by atoms with Gasteiger partial charge in [-0.25, -0.2) is 4.98 Å². The van der Waals surface area contributed by atoms with Crippen LogP contribution >= 0.6 is 23.2 Å². The molecule has 0 aliphatic rings. The van der Waals surface area contributed by atoms with Crippen LogP contribution in [0.15, 0.2) is 6.07 Å². The molecule has 0 aliphatic carbocycles. The molecule has 0 spiro atoms. The van der Waals surface area contributed by atoms with Gasteiger partial charge in [-0.05, 0) is 20.2 Å². The number of nitrogen functional groups attached to an aromatic ring is 1. The molecule has 0 aliphatic heterocycles. The van der Waals surface area contributed by atoms with Crippen LogP contribution in [-0.4, -0.2) is 44.1 Å². The Morgan fingerprint density at radius 2 is 1.81 bits per heavy atom. The fourth-order valence-corrected chi connectivity index (χ4v) is 1.70. The third kappa shape index (κ3) is 3.40. The van der Waals surface area contributed by atoms with Crippen LogP contribution in [0.3, 0.4) is 0 Å². The molecule has 0 saturated heterocycles. The lowest BCUT2D eigenvalue weighted by atomic mass is 10.4. The topological polar surface area (TPSA) is 45.4 Å². The zero-order chi connectivity index (χ0) is 12.3. The van der Waals surface area contributed by atoms with Crippen LogP contribution in [0.4, 0.5) is 11.6 Å². The van der Waals surface area contributed by atoms with E-state index in [-0.39, 0.29) is 0 Å². The predicted octanol–water partition coefficient (Wildman–Crippen LogP) is 1.97. The van der Waals surface area contributed by atoms with E-state index in [4.69, 9.17) is 28.9 Å². The molecular weight excluding hydrogens is 247 g/mol. The molecule has 0 radical (unpaired) electrons. The number of halogens is 2. The highest BCUT2D eigenvalue weighted by molar-refractivity contribution is 6.37. The lowest BCUT2D eigenvalue weighted by Crippen LogP contribution is -2.29. The van der Waals surface area contributed by atoms with Crippen molar-refractivity contribution in [1.29, 1.82) is 0 Å². The first-order valence-corrected chi connectivity index (χ1v) is 5.64. The summed E-state index contributed by atoms with van der Waals surface area (Å²) in [5, 5.41) is 0.898. The van der Waals surface area contributed by atoms with Crippen molar-refractivity contribution in [2.75, 3.05) is 44.9 Å². The van der Waals surface area contributed by atoms with Crippen LogP contribution in [-0.2, 0) is 0 Å². The Balaban J connectivity index is 2.82. The molecule has 0 saturated carbocycles. The summed E-state index contributed by atoms with van der Waals surface area (Å²) < 4.78 is 0. The fourth-order valence-electron chi connectivity index (χ4n) is 1.19. The second kappa shape index (κ2) is 5.57. The summed E-state index contributed by atoms with van der Waals surface area (Å²) in [5.41, 5.74) is 5.64. The van der Waals surface area contributed by atoms with E-state index in [1.54, 1.807) is 6.07 Å². The van der Waals surface area contributed by atoms with E-state index in [0.717, 1.165) is 13.1 Å². The number of aromatic nitrogens is 1. The van der Waals surface area contributed by atoms with Crippen molar-refractivity contribution in [3.8, 4) is 0 Å². The molecule has 0 fully saturated rings. The molecule has 0 amide bonds. The molecule has 0 bridgehead atoms. The second-order valence-corrected chi connectivity index (χ2v) is 4.70. The maximum Gasteiger partial charge on any atom is 0.149 e. The summed E-state index contributed by atoms with van der Waals surface area (Å²) in [6.45, 7) is 1.73. The average molecular weight is 263 g/mol. The Bertz CT molecular complexity index is 368. The fraction of sp³-hybridized carbons (Fsp3) is 0.500. The number of anilines is 2. The summed E-state index contributed by atoms with van der Waals surface area (Å²) in [5.74, 6) is 0.961. The number of rotatable bonds is 4. The molecule has 6 heteroatoms. The van der Waals surface area contributed by atoms with Gasteiger partial charge in [0.15, 0.2) is 0 Å². The number of pyridine rings is 1. The van der Waals surface area contributed by atoms with Gasteiger partial charge in [-0.1, -0.05) is 23.2 Å². The van der Waals surface area contributed by atoms with E-state index < -0.39 is 0 Å². The van der Waals surface area contributed by atoms with Crippen LogP contribution in [0, 0.1) is 0 Å². The van der Waals surface area contributed by atoms with Gasteiger partial charge < -0.3 is 15.5 Å². The minimum Gasteiger partial charge on any atom is -0.382 e. The van der Waals surface area contributed by atoms with Crippen LogP contribution in [0.2, 0.25) is 10.0 Å². The zero-order valence-corrected chi connectivity index (χ0v) is 11.2. The van der Waals surface area contributed by atoms with E-state index in [9.17, 15) is 0 Å². The lowest BCUT2D eigenvalue weighted by Gasteiger charge is -2.21. The van der Waals surface area contributed by atoms with Gasteiger partial charge in [0.25, 0.3) is 0 Å². The highest BCUT2D eigenvalue weighted by Crippen LogP contribution is 2.29. The van der Waals surface area contributed by atoms with E-state index in [0.29, 0.717) is 21.7 Å². The van der Waals surface area contributed by atoms with E-state index in [2.05, 4.69) is 9.88 Å². The van der Waals surface area contributed by atoms with Crippen molar-refractivity contribution in [3.05, 3.63) is 16.1 Å². The molecule has 1 aromatic rings. The van der Waals surface area contributed by atoms with Crippen molar-refractivity contribution in [2.24, 2.45) is 0 Å². The van der Waals surface area contributed by atoms with Gasteiger partial charge in [0.2, 0.25) is 0 Å². The number of hydrogen-bond donors (Lipinski definition) is 1. The van der Waals surface area contributed by atoms with Crippen molar-refractivity contribution < 1.29 is 0 Å². The molecule has 0 aromatic carbocycles. The molecule has 0 atom stereocenters. The molecule has 1 aromatic heterocycles. The van der Waals surface area contributed by atoms with Crippen LogP contribution in [0.1, 0.15) is 0 Å². The molecule has 16 heavy (non-hydrogen) atoms. The third-order valence-corrected chi connectivity index (χ3v) is 2.76. The van der Waals surface area contributed by atoms with Crippen LogP contribution < -0.4 is 10.6 Å². The van der Waals surface area contributed by atoms with E-state index >= 15 is 0 Å². The highest BCUT2D eigenvalue weighted by atomic mass is 35.5. The molecule has 1 heterocycles. The van der Waals surface area contributed by atoms with Crippen LogP contribution in [0.5, 0.6) is 0 Å². The van der Waals surface area contributed by atoms with Gasteiger partial charge in [-0.2, -0.15) is 0 Å². The van der Waals surface area contributed by atoms with Gasteiger partial charge in [-0.3, -0.25) is 0 Å². The average Bonchev–Trinajstić information content (AvgIpc) is 2.20. The summed E-state index contributed by atoms with van der Waals surface area (Å²) in [6.07, 6.45) is 0. The quantitative estimate of drug-likeness (QED) is 0.902. The second-order valence-electron chi connectivity index (χ2n) is 3.89. The molecule has 2 N–H and O–H groups in total. The maximum atomic E-state index is 6.05. The third-order valence-electron chi connectivity index (χ3n) is 2.18. The first-order valence-electron chi connectivity index (χ1n) is 4.89. The SMILES string of the molecule is CN(C)CCN(C)c1nc(N)c(Cl)cc1Cl. The molecule has 0 unspecified atom stereocenters. The summed E-state index contributed by atoms with van der Waals surface area (Å²) in [4.78, 5) is 8.21. The monoisotopic (exact) mass is 262 g/mol. The maximum absolute atomic E-state index is 6.05. The zero-order valence-electron chi connectivity index (χ0n) is 9.67. The highest BCUT2D eigenvalue weighted by Gasteiger charge is 2.11. The van der Waals surface area contributed by atoms with Gasteiger partial charge in [0, 0.05) is 20.1 Å². The molecular formula is C10H16Cl2N4. The summed E-state index contributed by atoms with van der Waals surface area (Å²) >= 11 is 11.9. The predicted molar refractivity (Wildman–Crippen MR) is 70.5 cm³/mol. The van der Waals surface area contributed by atoms with Gasteiger partial charge in [-0.15, -0.1) is 0 Å². The van der Waals surface area contributed by atoms with E-state index in [1.807, 2.05) is 26.0 Å². The Morgan fingerprint density at radius 3 is 2.38 bits per heavy atom. The largest absolute Gasteiger partial charge is 0.382 e. The molecule has 90 valence electrons. The smallest absolute Gasteiger partial charge is 0.149 e. The van der Waals surface area contributed by atoms with E-state index in [1.165, 1.54) is 0 Å². The molecule has 1 rings (SSSR count). The number of nitrogens with two attached hydrogens (primary N) is 1. The Kier molecular flexibility index (Phi) is 4.65. The number of likely N-dealkylation sites (N-methyl/N-ethyl adjacent to an activating group) is 2. The minimum atomic E-state index is 0.303. The first kappa shape index (κ1) is 13.4.